The van der Waals surface area contributed by atoms with Crippen molar-refractivity contribution in [1.29, 1.82) is 0 Å². The van der Waals surface area contributed by atoms with E-state index in [-0.39, 0.29) is 49.9 Å². The van der Waals surface area contributed by atoms with Gasteiger partial charge in [0.05, 0.1) is 51.5 Å². The number of amides is 3. The number of urea groups is 1. The number of benzene rings is 1. The number of aliphatic hydroxyl groups excluding tert-OH is 1. The number of carbonyl (C=O) groups is 2. The van der Waals surface area contributed by atoms with Gasteiger partial charge in [0.2, 0.25) is 5.91 Å². The molecule has 4 rings (SSSR count). The minimum atomic E-state index is -0.772. The van der Waals surface area contributed by atoms with E-state index in [9.17, 15) is 14.7 Å². The molecule has 0 aromatic heterocycles. The summed E-state index contributed by atoms with van der Waals surface area (Å²) in [6.07, 6.45) is 3.76. The summed E-state index contributed by atoms with van der Waals surface area (Å²) in [5, 5.41) is 13.2. The fourth-order valence-corrected chi connectivity index (χ4v) is 4.91. The summed E-state index contributed by atoms with van der Waals surface area (Å²) in [6, 6.07) is 6.58. The Morgan fingerprint density at radius 3 is 2.61 bits per heavy atom. The summed E-state index contributed by atoms with van der Waals surface area (Å²) in [5.74, 6) is 0.854. The minimum absolute atomic E-state index is 0.135. The highest BCUT2D eigenvalue weighted by Gasteiger charge is 2.40. The molecule has 3 aliphatic heterocycles. The second kappa shape index (κ2) is 11.2. The summed E-state index contributed by atoms with van der Waals surface area (Å²) >= 11 is 0. The molecule has 9 nitrogen and oxygen atoms in total. The maximum absolute atomic E-state index is 13.2. The number of ether oxygens (including phenoxy) is 3. The number of rotatable bonds is 4. The number of carbonyl (C=O) groups excluding carboxylic acids is 2. The Morgan fingerprint density at radius 2 is 1.88 bits per heavy atom. The van der Waals surface area contributed by atoms with E-state index in [1.165, 1.54) is 6.42 Å². The number of nitrogens with one attached hydrogen (secondary N) is 1. The van der Waals surface area contributed by atoms with E-state index in [1.54, 1.807) is 36.3 Å². The molecule has 1 aromatic carbocycles. The van der Waals surface area contributed by atoms with Crippen LogP contribution in [-0.4, -0.2) is 91.2 Å². The first kappa shape index (κ1) is 23.8. The van der Waals surface area contributed by atoms with Gasteiger partial charge >= 0.3 is 6.03 Å². The molecule has 3 aliphatic rings. The summed E-state index contributed by atoms with van der Waals surface area (Å²) in [5.41, 5.74) is 0.645. The Morgan fingerprint density at radius 1 is 1.12 bits per heavy atom. The van der Waals surface area contributed by atoms with Gasteiger partial charge in [-0.3, -0.25) is 4.79 Å². The van der Waals surface area contributed by atoms with Crippen LogP contribution in [0.15, 0.2) is 24.3 Å². The number of fused-ring (bicyclic) bond motifs is 1. The number of hydrogen-bond donors (Lipinski definition) is 2. The molecular formula is C24H35N3O6. The summed E-state index contributed by atoms with van der Waals surface area (Å²) < 4.78 is 17.1. The highest BCUT2D eigenvalue weighted by atomic mass is 16.5. The summed E-state index contributed by atoms with van der Waals surface area (Å²) in [6.45, 7) is 2.23. The number of anilines is 1. The summed E-state index contributed by atoms with van der Waals surface area (Å²) in [7, 11) is 1.59. The predicted octanol–water partition coefficient (Wildman–Crippen LogP) is 2.24. The summed E-state index contributed by atoms with van der Waals surface area (Å²) in [4.78, 5) is 29.5. The van der Waals surface area contributed by atoms with Crippen molar-refractivity contribution in [3.8, 4) is 5.75 Å². The molecule has 0 saturated carbocycles. The van der Waals surface area contributed by atoms with Crippen LogP contribution in [0.25, 0.3) is 0 Å². The van der Waals surface area contributed by atoms with Crippen molar-refractivity contribution in [2.75, 3.05) is 45.3 Å². The number of β-amino-alcohol motifs (C(OH)–C–C–N with tert-alkyl or cyclic N) is 1. The third-order valence-electron chi connectivity index (χ3n) is 6.69. The van der Waals surface area contributed by atoms with Crippen molar-refractivity contribution < 1.29 is 28.9 Å². The van der Waals surface area contributed by atoms with Crippen molar-refractivity contribution in [1.82, 2.24) is 9.80 Å². The van der Waals surface area contributed by atoms with Crippen LogP contribution in [0.5, 0.6) is 5.75 Å². The highest BCUT2D eigenvalue weighted by Crippen LogP contribution is 2.29. The quantitative estimate of drug-likeness (QED) is 0.713. The first-order valence-electron chi connectivity index (χ1n) is 11.9. The smallest absolute Gasteiger partial charge is 0.322 e. The molecule has 0 aliphatic carbocycles. The van der Waals surface area contributed by atoms with Crippen molar-refractivity contribution in [3.05, 3.63) is 24.3 Å². The number of aliphatic hydroxyl groups is 1. The van der Waals surface area contributed by atoms with Crippen LogP contribution in [0.3, 0.4) is 0 Å². The van der Waals surface area contributed by atoms with Crippen molar-refractivity contribution in [3.63, 3.8) is 0 Å². The van der Waals surface area contributed by atoms with Gasteiger partial charge in [0, 0.05) is 18.8 Å². The molecular weight excluding hydrogens is 426 g/mol. The molecule has 1 aromatic rings. The van der Waals surface area contributed by atoms with Crippen LogP contribution in [0.1, 0.15) is 38.5 Å². The zero-order valence-corrected chi connectivity index (χ0v) is 19.3. The molecule has 3 fully saturated rings. The first-order chi connectivity index (χ1) is 16.0. The average molecular weight is 462 g/mol. The fourth-order valence-electron chi connectivity index (χ4n) is 4.91. The van der Waals surface area contributed by atoms with E-state index in [0.717, 1.165) is 25.9 Å². The first-order valence-corrected chi connectivity index (χ1v) is 11.9. The largest absolute Gasteiger partial charge is 0.497 e. The number of piperidine rings is 1. The van der Waals surface area contributed by atoms with Gasteiger partial charge < -0.3 is 34.4 Å². The zero-order chi connectivity index (χ0) is 23.2. The molecule has 3 heterocycles. The van der Waals surface area contributed by atoms with E-state index in [0.29, 0.717) is 30.7 Å². The van der Waals surface area contributed by atoms with Gasteiger partial charge in [-0.1, -0.05) is 0 Å². The molecule has 0 bridgehead atoms. The molecule has 0 unspecified atom stereocenters. The second-order valence-electron chi connectivity index (χ2n) is 9.09. The van der Waals surface area contributed by atoms with Crippen LogP contribution in [0.2, 0.25) is 0 Å². The van der Waals surface area contributed by atoms with E-state index >= 15 is 0 Å². The molecule has 33 heavy (non-hydrogen) atoms. The molecule has 3 saturated heterocycles. The Kier molecular flexibility index (Phi) is 8.06. The Bertz CT molecular complexity index is 798. The normalized spacial score (nSPS) is 28.3. The number of methoxy groups -OCH3 is 1. The van der Waals surface area contributed by atoms with Crippen molar-refractivity contribution >= 4 is 17.6 Å². The van der Waals surface area contributed by atoms with Crippen molar-refractivity contribution in [2.24, 2.45) is 0 Å². The van der Waals surface area contributed by atoms with Gasteiger partial charge in [-0.15, -0.1) is 0 Å². The van der Waals surface area contributed by atoms with Crippen LogP contribution in [0.4, 0.5) is 10.5 Å². The Balaban J connectivity index is 1.40. The van der Waals surface area contributed by atoms with Crippen LogP contribution < -0.4 is 10.1 Å². The maximum atomic E-state index is 13.2. The van der Waals surface area contributed by atoms with Crippen LogP contribution in [-0.2, 0) is 14.3 Å². The average Bonchev–Trinajstić information content (AvgIpc) is 2.83. The van der Waals surface area contributed by atoms with Gasteiger partial charge in [0.25, 0.3) is 0 Å². The van der Waals surface area contributed by atoms with E-state index < -0.39 is 6.10 Å². The minimum Gasteiger partial charge on any atom is -0.497 e. The highest BCUT2D eigenvalue weighted by molar-refractivity contribution is 5.89. The molecule has 9 heteroatoms. The number of likely N-dealkylation sites (tertiary alicyclic amines) is 1. The molecule has 3 amide bonds. The standard InChI is InChI=1S/C24H35N3O6/c1-31-19-7-5-17(6-8-19)25-24(30)27-14-18(28)15-32-16-22-21(27)10-9-20(33-22)13-23(29)26-11-3-2-4-12-26/h5-8,18,20-22,28H,2-4,9-16H2,1H3,(H,25,30)/t18-,20-,21+,22-/m1/s1. The Hall–Kier alpha value is -2.36. The molecule has 4 atom stereocenters. The second-order valence-corrected chi connectivity index (χ2v) is 9.09. The fraction of sp³-hybridized carbons (Fsp3) is 0.667. The topological polar surface area (TPSA) is 101 Å². The monoisotopic (exact) mass is 461 g/mol. The van der Waals surface area contributed by atoms with Crippen LogP contribution >= 0.6 is 0 Å². The van der Waals surface area contributed by atoms with Crippen LogP contribution in [0, 0.1) is 0 Å². The maximum Gasteiger partial charge on any atom is 0.322 e. The molecule has 182 valence electrons. The number of nitrogens with zero attached hydrogens (tertiary/aromatic N) is 2. The lowest BCUT2D eigenvalue weighted by molar-refractivity contribution is -0.154. The van der Waals surface area contributed by atoms with Gasteiger partial charge in [-0.05, 0) is 56.4 Å². The van der Waals surface area contributed by atoms with Gasteiger partial charge in [-0.2, -0.15) is 0 Å². The predicted molar refractivity (Wildman–Crippen MR) is 122 cm³/mol. The Labute approximate surface area is 195 Å². The van der Waals surface area contributed by atoms with E-state index in [2.05, 4.69) is 5.32 Å². The molecule has 2 N–H and O–H groups in total. The lowest BCUT2D eigenvalue weighted by Crippen LogP contribution is -2.58. The van der Waals surface area contributed by atoms with Gasteiger partial charge in [0.15, 0.2) is 0 Å². The molecule has 0 spiro atoms. The van der Waals surface area contributed by atoms with E-state index in [1.807, 2.05) is 4.90 Å². The van der Waals surface area contributed by atoms with Gasteiger partial charge in [0.1, 0.15) is 11.9 Å². The number of hydrogen-bond acceptors (Lipinski definition) is 6. The lowest BCUT2D eigenvalue weighted by Gasteiger charge is -2.44. The van der Waals surface area contributed by atoms with E-state index in [4.69, 9.17) is 14.2 Å². The third-order valence-corrected chi connectivity index (χ3v) is 6.69. The third kappa shape index (κ3) is 6.16. The lowest BCUT2D eigenvalue weighted by atomic mass is 9.94. The zero-order valence-electron chi connectivity index (χ0n) is 19.3. The van der Waals surface area contributed by atoms with Gasteiger partial charge in [-0.25, -0.2) is 4.79 Å². The SMILES string of the molecule is COc1ccc(NC(=O)N2C[C@@H](O)COC[C@H]3O[C@@H](CC(=O)N4CCCCC4)CC[C@@H]32)cc1. The van der Waals surface area contributed by atoms with Crippen molar-refractivity contribution in [2.45, 2.75) is 62.9 Å². The molecule has 0 radical (unpaired) electrons.